The van der Waals surface area contributed by atoms with Gasteiger partial charge in [-0.15, -0.1) is 11.8 Å². The van der Waals surface area contributed by atoms with Crippen molar-refractivity contribution in [2.45, 2.75) is 49.0 Å². The Labute approximate surface area is 314 Å². The predicted octanol–water partition coefficient (Wildman–Crippen LogP) is 6.49. The van der Waals surface area contributed by atoms with Gasteiger partial charge in [0.25, 0.3) is 11.2 Å². The van der Waals surface area contributed by atoms with Crippen LogP contribution in [0.4, 0.5) is 5.69 Å². The number of benzene rings is 4. The van der Waals surface area contributed by atoms with Crippen molar-refractivity contribution in [3.05, 3.63) is 162 Å². The molecule has 5 aromatic rings. The van der Waals surface area contributed by atoms with Crippen molar-refractivity contribution in [3.8, 4) is 11.5 Å². The van der Waals surface area contributed by atoms with Crippen molar-refractivity contribution < 1.29 is 33.8 Å². The first-order chi connectivity index (χ1) is 26.0. The van der Waals surface area contributed by atoms with Crippen LogP contribution in [0, 0.1) is 17.0 Å². The molecular weight excluding hydrogens is 715 g/mol. The highest BCUT2D eigenvalue weighted by molar-refractivity contribution is 7.99. The largest absolute Gasteiger partial charge is 0.497 e. The molecule has 0 saturated carbocycles. The van der Waals surface area contributed by atoms with E-state index in [-0.39, 0.29) is 13.0 Å². The SMILES string of the molecule is COc1ccc(C(OCC2CCC(n3c(CCSc4ccc([N+](=O)[O-])c(C(=O)O)c4)c(C)c(=O)[nH]c3=O)O2)(c2ccccc2)c2ccc(OC)cc2)cc1. The van der Waals surface area contributed by atoms with E-state index in [1.807, 2.05) is 78.9 Å². The molecule has 280 valence electrons. The summed E-state index contributed by atoms with van der Waals surface area (Å²) in [7, 11) is 3.23. The van der Waals surface area contributed by atoms with E-state index in [4.69, 9.17) is 18.9 Å². The molecular formula is C40H39N3O10S. The van der Waals surface area contributed by atoms with E-state index in [1.54, 1.807) is 21.1 Å². The van der Waals surface area contributed by atoms with Gasteiger partial charge in [-0.25, -0.2) is 9.59 Å². The number of carboxylic acids is 1. The molecule has 2 heterocycles. The third-order valence-corrected chi connectivity index (χ3v) is 10.5. The standard InChI is InChI=1S/C40H39N3O10S/c1-25-34(21-22-54-32-18-19-35(43(48)49)33(23-32)38(45)46)42(39(47)41-37(25)44)36-20-17-31(53-36)24-52-40(26-7-5-4-6-8-26,27-9-13-29(50-2)14-10-27)28-11-15-30(51-3)16-12-28/h4-16,18-19,23,31,36H,17,20-22,24H2,1-3H3,(H,45,46)(H,41,44,47). The number of H-pyrrole nitrogens is 1. The molecule has 1 aromatic heterocycles. The lowest BCUT2D eigenvalue weighted by Gasteiger charge is -2.37. The summed E-state index contributed by atoms with van der Waals surface area (Å²) in [6, 6.07) is 29.2. The zero-order chi connectivity index (χ0) is 38.4. The summed E-state index contributed by atoms with van der Waals surface area (Å²) < 4.78 is 25.9. The third-order valence-electron chi connectivity index (χ3n) is 9.54. The molecule has 2 atom stereocenters. The second-order valence-corrected chi connectivity index (χ2v) is 13.8. The van der Waals surface area contributed by atoms with Gasteiger partial charge in [-0.2, -0.15) is 0 Å². The number of nitro benzene ring substituents is 1. The van der Waals surface area contributed by atoms with Crippen LogP contribution in [-0.2, 0) is 21.5 Å². The number of hydrogen-bond acceptors (Lipinski definition) is 10. The number of nitrogens with zero attached hydrogens (tertiary/aromatic N) is 2. The number of aromatic amines is 1. The lowest BCUT2D eigenvalue weighted by atomic mass is 9.80. The van der Waals surface area contributed by atoms with Gasteiger partial charge in [0.1, 0.15) is 28.9 Å². The summed E-state index contributed by atoms with van der Waals surface area (Å²) in [5, 5.41) is 20.8. The molecule has 1 aliphatic heterocycles. The monoisotopic (exact) mass is 753 g/mol. The topological polar surface area (TPSA) is 172 Å². The first-order valence-corrected chi connectivity index (χ1v) is 18.2. The molecule has 1 saturated heterocycles. The zero-order valence-corrected chi connectivity index (χ0v) is 30.7. The summed E-state index contributed by atoms with van der Waals surface area (Å²) >= 11 is 1.26. The Hall–Kier alpha value is -5.70. The van der Waals surface area contributed by atoms with E-state index in [9.17, 15) is 29.6 Å². The van der Waals surface area contributed by atoms with Crippen LogP contribution >= 0.6 is 11.8 Å². The van der Waals surface area contributed by atoms with Crippen molar-refractivity contribution in [3.63, 3.8) is 0 Å². The van der Waals surface area contributed by atoms with Crippen LogP contribution in [0.15, 0.2) is 112 Å². The van der Waals surface area contributed by atoms with Crippen molar-refractivity contribution in [2.24, 2.45) is 0 Å². The van der Waals surface area contributed by atoms with Gasteiger partial charge in [-0.1, -0.05) is 54.6 Å². The molecule has 54 heavy (non-hydrogen) atoms. The lowest BCUT2D eigenvalue weighted by molar-refractivity contribution is -0.385. The van der Waals surface area contributed by atoms with Crippen LogP contribution in [-0.4, -0.2) is 58.2 Å². The van der Waals surface area contributed by atoms with Crippen LogP contribution in [0.2, 0.25) is 0 Å². The molecule has 2 N–H and O–H groups in total. The number of thioether (sulfide) groups is 1. The van der Waals surface area contributed by atoms with Crippen LogP contribution in [0.25, 0.3) is 0 Å². The second kappa shape index (κ2) is 16.5. The third kappa shape index (κ3) is 7.81. The highest BCUT2D eigenvalue weighted by atomic mass is 32.2. The van der Waals surface area contributed by atoms with E-state index < -0.39 is 51.3 Å². The molecule has 0 spiro atoms. The average molecular weight is 754 g/mol. The number of aromatic carboxylic acids is 1. The molecule has 1 fully saturated rings. The fraction of sp³-hybridized carbons (Fsp3) is 0.275. The number of aromatic nitrogens is 2. The molecule has 2 unspecified atom stereocenters. The Bertz CT molecular complexity index is 2190. The van der Waals surface area contributed by atoms with Gasteiger partial charge in [0.2, 0.25) is 0 Å². The van der Waals surface area contributed by atoms with Crippen molar-refractivity contribution in [1.29, 1.82) is 0 Å². The second-order valence-electron chi connectivity index (χ2n) is 12.6. The molecule has 1 aliphatic rings. The van der Waals surface area contributed by atoms with E-state index in [2.05, 4.69) is 4.98 Å². The van der Waals surface area contributed by atoms with Gasteiger partial charge < -0.3 is 24.1 Å². The van der Waals surface area contributed by atoms with Crippen molar-refractivity contribution in [1.82, 2.24) is 9.55 Å². The number of rotatable bonds is 15. The summed E-state index contributed by atoms with van der Waals surface area (Å²) in [6.07, 6.45) is 0.216. The minimum atomic E-state index is -1.41. The quantitative estimate of drug-likeness (QED) is 0.0518. The Morgan fingerprint density at radius 3 is 2.13 bits per heavy atom. The number of hydrogen-bond donors (Lipinski definition) is 2. The van der Waals surface area contributed by atoms with Gasteiger partial charge in [-0.05, 0) is 79.3 Å². The first kappa shape index (κ1) is 38.0. The number of methoxy groups -OCH3 is 2. The van der Waals surface area contributed by atoms with Gasteiger partial charge in [0, 0.05) is 28.0 Å². The number of carboxylic acid groups (broad SMARTS) is 1. The summed E-state index contributed by atoms with van der Waals surface area (Å²) in [5.74, 6) is 0.342. The summed E-state index contributed by atoms with van der Waals surface area (Å²) in [5.41, 5.74) is 0.372. The first-order valence-electron chi connectivity index (χ1n) is 17.2. The number of carbonyl (C=O) groups is 1. The number of nitrogens with one attached hydrogen (secondary N) is 1. The van der Waals surface area contributed by atoms with Crippen molar-refractivity contribution >= 4 is 23.4 Å². The molecule has 0 amide bonds. The molecule has 14 heteroatoms. The van der Waals surface area contributed by atoms with E-state index in [1.165, 1.54) is 28.5 Å². The summed E-state index contributed by atoms with van der Waals surface area (Å²) in [6.45, 7) is 1.80. The predicted molar refractivity (Wildman–Crippen MR) is 202 cm³/mol. The van der Waals surface area contributed by atoms with Crippen molar-refractivity contribution in [2.75, 3.05) is 26.6 Å². The highest BCUT2D eigenvalue weighted by Crippen LogP contribution is 2.43. The Kier molecular flexibility index (Phi) is 11.6. The van der Waals surface area contributed by atoms with Crippen LogP contribution in [0.5, 0.6) is 11.5 Å². The molecule has 0 aliphatic carbocycles. The Balaban J connectivity index is 1.26. The van der Waals surface area contributed by atoms with Gasteiger partial charge in [0.15, 0.2) is 0 Å². The maximum absolute atomic E-state index is 13.4. The number of ether oxygens (including phenoxy) is 4. The van der Waals surface area contributed by atoms with E-state index >= 15 is 0 Å². The van der Waals surface area contributed by atoms with E-state index in [0.29, 0.717) is 46.2 Å². The van der Waals surface area contributed by atoms with Gasteiger partial charge >= 0.3 is 11.7 Å². The van der Waals surface area contributed by atoms with Crippen LogP contribution < -0.4 is 20.7 Å². The Morgan fingerprint density at radius 2 is 1.56 bits per heavy atom. The van der Waals surface area contributed by atoms with Crippen LogP contribution in [0.3, 0.4) is 0 Å². The number of nitro groups is 1. The molecule has 6 rings (SSSR count). The summed E-state index contributed by atoms with van der Waals surface area (Å²) in [4.78, 5) is 51.3. The van der Waals surface area contributed by atoms with Gasteiger partial charge in [0.05, 0.1) is 31.9 Å². The molecule has 13 nitrogen and oxygen atoms in total. The minimum absolute atomic E-state index is 0.164. The average Bonchev–Trinajstić information content (AvgIpc) is 3.66. The lowest BCUT2D eigenvalue weighted by Crippen LogP contribution is -2.38. The fourth-order valence-electron chi connectivity index (χ4n) is 6.79. The maximum Gasteiger partial charge on any atom is 0.342 e. The normalized spacial score (nSPS) is 15.5. The molecule has 0 bridgehead atoms. The minimum Gasteiger partial charge on any atom is -0.497 e. The van der Waals surface area contributed by atoms with Gasteiger partial charge in [-0.3, -0.25) is 24.5 Å². The zero-order valence-electron chi connectivity index (χ0n) is 29.9. The van der Waals surface area contributed by atoms with Crippen LogP contribution in [0.1, 0.15) is 57.4 Å². The Morgan fingerprint density at radius 1 is 0.944 bits per heavy atom. The molecule has 4 aromatic carbocycles. The van der Waals surface area contributed by atoms with E-state index in [0.717, 1.165) is 22.8 Å². The maximum atomic E-state index is 13.4. The molecule has 0 radical (unpaired) electrons. The fourth-order valence-corrected chi connectivity index (χ4v) is 7.69. The highest BCUT2D eigenvalue weighted by Gasteiger charge is 2.40. The smallest absolute Gasteiger partial charge is 0.342 e.